The number of aromatic nitrogens is 3. The SMILES string of the molecule is CCC(C)NC(=NCc1ncnn1C)NCCc1ccco1. The molecule has 0 aliphatic heterocycles. The van der Waals surface area contributed by atoms with Gasteiger partial charge in [-0.25, -0.2) is 9.98 Å². The smallest absolute Gasteiger partial charge is 0.191 e. The highest BCUT2D eigenvalue weighted by atomic mass is 16.3. The molecular weight excluding hydrogens is 280 g/mol. The monoisotopic (exact) mass is 304 g/mol. The highest BCUT2D eigenvalue weighted by Gasteiger charge is 2.05. The zero-order valence-electron chi connectivity index (χ0n) is 13.4. The molecule has 0 saturated heterocycles. The highest BCUT2D eigenvalue weighted by Crippen LogP contribution is 2.00. The molecule has 0 aliphatic rings. The summed E-state index contributed by atoms with van der Waals surface area (Å²) in [6, 6.07) is 4.23. The van der Waals surface area contributed by atoms with Gasteiger partial charge in [-0.3, -0.25) is 4.68 Å². The maximum Gasteiger partial charge on any atom is 0.191 e. The van der Waals surface area contributed by atoms with E-state index in [0.717, 1.165) is 36.9 Å². The number of hydrogen-bond donors (Lipinski definition) is 2. The lowest BCUT2D eigenvalue weighted by Gasteiger charge is -2.16. The normalized spacial score (nSPS) is 13.1. The fourth-order valence-electron chi connectivity index (χ4n) is 1.86. The highest BCUT2D eigenvalue weighted by molar-refractivity contribution is 5.80. The Morgan fingerprint density at radius 3 is 3.00 bits per heavy atom. The lowest BCUT2D eigenvalue weighted by atomic mass is 10.3. The molecule has 7 heteroatoms. The van der Waals surface area contributed by atoms with Gasteiger partial charge in [0.25, 0.3) is 0 Å². The summed E-state index contributed by atoms with van der Waals surface area (Å²) in [5.41, 5.74) is 0. The van der Waals surface area contributed by atoms with Crippen LogP contribution in [0.15, 0.2) is 34.1 Å². The molecule has 2 heterocycles. The summed E-state index contributed by atoms with van der Waals surface area (Å²) >= 11 is 0. The molecular formula is C15H24N6O. The van der Waals surface area contributed by atoms with E-state index in [1.165, 1.54) is 6.33 Å². The predicted molar refractivity (Wildman–Crippen MR) is 85.4 cm³/mol. The number of hydrogen-bond acceptors (Lipinski definition) is 4. The molecule has 1 atom stereocenters. The van der Waals surface area contributed by atoms with E-state index in [0.29, 0.717) is 12.6 Å². The van der Waals surface area contributed by atoms with Crippen molar-refractivity contribution in [3.05, 3.63) is 36.3 Å². The molecule has 0 amide bonds. The third kappa shape index (κ3) is 4.91. The first kappa shape index (κ1) is 16.1. The second kappa shape index (κ2) is 8.21. The van der Waals surface area contributed by atoms with Crippen LogP contribution in [0.5, 0.6) is 0 Å². The molecule has 0 fully saturated rings. The van der Waals surface area contributed by atoms with Crippen LogP contribution in [-0.4, -0.2) is 33.3 Å². The Labute approximate surface area is 130 Å². The van der Waals surface area contributed by atoms with E-state index in [1.54, 1.807) is 10.9 Å². The summed E-state index contributed by atoms with van der Waals surface area (Å²) in [5.74, 6) is 2.57. The van der Waals surface area contributed by atoms with Crippen molar-refractivity contribution in [1.82, 2.24) is 25.4 Å². The van der Waals surface area contributed by atoms with Crippen LogP contribution in [0.4, 0.5) is 0 Å². The van der Waals surface area contributed by atoms with Gasteiger partial charge in [-0.05, 0) is 25.5 Å². The summed E-state index contributed by atoms with van der Waals surface area (Å²) < 4.78 is 7.06. The Balaban J connectivity index is 1.91. The van der Waals surface area contributed by atoms with E-state index in [2.05, 4.69) is 39.6 Å². The minimum absolute atomic E-state index is 0.356. The minimum atomic E-state index is 0.356. The van der Waals surface area contributed by atoms with Gasteiger partial charge in [-0.15, -0.1) is 0 Å². The summed E-state index contributed by atoms with van der Waals surface area (Å²) in [5, 5.41) is 10.8. The van der Waals surface area contributed by atoms with E-state index in [9.17, 15) is 0 Å². The first-order chi connectivity index (χ1) is 10.7. The van der Waals surface area contributed by atoms with Gasteiger partial charge in [0.1, 0.15) is 24.5 Å². The van der Waals surface area contributed by atoms with Crippen molar-refractivity contribution in [2.45, 2.75) is 39.3 Å². The third-order valence-electron chi connectivity index (χ3n) is 3.42. The van der Waals surface area contributed by atoms with Gasteiger partial charge in [-0.1, -0.05) is 6.92 Å². The van der Waals surface area contributed by atoms with Crippen LogP contribution in [-0.2, 0) is 20.0 Å². The number of guanidine groups is 1. The topological polar surface area (TPSA) is 80.3 Å². The molecule has 2 N–H and O–H groups in total. The quantitative estimate of drug-likeness (QED) is 0.598. The van der Waals surface area contributed by atoms with Crippen molar-refractivity contribution in [2.24, 2.45) is 12.0 Å². The van der Waals surface area contributed by atoms with E-state index in [4.69, 9.17) is 4.42 Å². The number of aryl methyl sites for hydroxylation is 1. The molecule has 2 aromatic rings. The Kier molecular flexibility index (Phi) is 6.00. The summed E-state index contributed by atoms with van der Waals surface area (Å²) in [7, 11) is 1.87. The number of nitrogens with zero attached hydrogens (tertiary/aromatic N) is 4. The molecule has 0 spiro atoms. The molecule has 1 unspecified atom stereocenters. The van der Waals surface area contributed by atoms with Crippen LogP contribution in [0.1, 0.15) is 31.9 Å². The van der Waals surface area contributed by atoms with E-state index in [-0.39, 0.29) is 0 Å². The van der Waals surface area contributed by atoms with Crippen molar-refractivity contribution in [3.63, 3.8) is 0 Å². The molecule has 2 rings (SSSR count). The van der Waals surface area contributed by atoms with Crippen LogP contribution < -0.4 is 10.6 Å². The Morgan fingerprint density at radius 2 is 2.36 bits per heavy atom. The predicted octanol–water partition coefficient (Wildman–Crippen LogP) is 1.48. The van der Waals surface area contributed by atoms with Gasteiger partial charge < -0.3 is 15.1 Å². The lowest BCUT2D eigenvalue weighted by Crippen LogP contribution is -2.42. The number of furan rings is 1. The molecule has 7 nitrogen and oxygen atoms in total. The van der Waals surface area contributed by atoms with Crippen molar-refractivity contribution >= 4 is 5.96 Å². The molecule has 0 aromatic carbocycles. The minimum Gasteiger partial charge on any atom is -0.469 e. The first-order valence-electron chi connectivity index (χ1n) is 7.59. The Hall–Kier alpha value is -2.31. The van der Waals surface area contributed by atoms with Crippen molar-refractivity contribution in [1.29, 1.82) is 0 Å². The molecule has 0 aliphatic carbocycles. The molecule has 0 radical (unpaired) electrons. The van der Waals surface area contributed by atoms with E-state index >= 15 is 0 Å². The van der Waals surface area contributed by atoms with Gasteiger partial charge in [0, 0.05) is 26.1 Å². The lowest BCUT2D eigenvalue weighted by molar-refractivity contribution is 0.506. The summed E-state index contributed by atoms with van der Waals surface area (Å²) in [4.78, 5) is 8.76. The molecule has 120 valence electrons. The number of nitrogens with one attached hydrogen (secondary N) is 2. The summed E-state index contributed by atoms with van der Waals surface area (Å²) in [6.45, 7) is 5.52. The third-order valence-corrected chi connectivity index (χ3v) is 3.42. The van der Waals surface area contributed by atoms with Crippen LogP contribution in [0.25, 0.3) is 0 Å². The van der Waals surface area contributed by atoms with E-state index in [1.807, 2.05) is 19.2 Å². The first-order valence-corrected chi connectivity index (χ1v) is 7.59. The maximum atomic E-state index is 5.33. The second-order valence-corrected chi connectivity index (χ2v) is 5.17. The zero-order chi connectivity index (χ0) is 15.8. The van der Waals surface area contributed by atoms with Crippen LogP contribution in [0.2, 0.25) is 0 Å². The molecule has 0 bridgehead atoms. The van der Waals surface area contributed by atoms with Gasteiger partial charge in [0.15, 0.2) is 5.96 Å². The van der Waals surface area contributed by atoms with Crippen LogP contribution in [0, 0.1) is 0 Å². The number of rotatable bonds is 7. The zero-order valence-corrected chi connectivity index (χ0v) is 13.4. The summed E-state index contributed by atoms with van der Waals surface area (Å²) in [6.07, 6.45) is 5.08. The largest absolute Gasteiger partial charge is 0.469 e. The molecule has 2 aromatic heterocycles. The number of aliphatic imine (C=N–C) groups is 1. The average molecular weight is 304 g/mol. The van der Waals surface area contributed by atoms with Gasteiger partial charge in [0.05, 0.1) is 6.26 Å². The van der Waals surface area contributed by atoms with Crippen molar-refractivity contribution in [2.75, 3.05) is 6.54 Å². The molecule has 22 heavy (non-hydrogen) atoms. The van der Waals surface area contributed by atoms with Crippen LogP contribution >= 0.6 is 0 Å². The van der Waals surface area contributed by atoms with Crippen LogP contribution in [0.3, 0.4) is 0 Å². The average Bonchev–Trinajstić information content (AvgIpc) is 3.16. The van der Waals surface area contributed by atoms with Crippen molar-refractivity contribution in [3.8, 4) is 0 Å². The Morgan fingerprint density at radius 1 is 1.50 bits per heavy atom. The van der Waals surface area contributed by atoms with Gasteiger partial charge in [-0.2, -0.15) is 5.10 Å². The van der Waals surface area contributed by atoms with Crippen molar-refractivity contribution < 1.29 is 4.42 Å². The fraction of sp³-hybridized carbons (Fsp3) is 0.533. The van der Waals surface area contributed by atoms with E-state index < -0.39 is 0 Å². The fourth-order valence-corrected chi connectivity index (χ4v) is 1.86. The molecule has 0 saturated carbocycles. The van der Waals surface area contributed by atoms with Gasteiger partial charge in [0.2, 0.25) is 0 Å². The Bertz CT molecular complexity index is 575. The second-order valence-electron chi connectivity index (χ2n) is 5.17. The standard InChI is InChI=1S/C15H24N6O/c1-4-12(2)20-15(16-8-7-13-6-5-9-22-13)17-10-14-18-11-19-21(14)3/h5-6,9,11-12H,4,7-8,10H2,1-3H3,(H2,16,17,20). The van der Waals surface area contributed by atoms with Gasteiger partial charge >= 0.3 is 0 Å². The maximum absolute atomic E-state index is 5.33.